The van der Waals surface area contributed by atoms with Gasteiger partial charge in [0.05, 0.1) is 23.5 Å². The Morgan fingerprint density at radius 2 is 2.33 bits per heavy atom. The summed E-state index contributed by atoms with van der Waals surface area (Å²) in [6, 6.07) is 4.75. The lowest BCUT2D eigenvalue weighted by Gasteiger charge is -2.06. The highest BCUT2D eigenvalue weighted by molar-refractivity contribution is 5.37. The van der Waals surface area contributed by atoms with Gasteiger partial charge in [-0.2, -0.15) is 9.65 Å². The van der Waals surface area contributed by atoms with E-state index in [0.717, 1.165) is 12.1 Å². The van der Waals surface area contributed by atoms with Crippen molar-refractivity contribution in [3.8, 4) is 6.07 Å². The molecule has 0 saturated carbocycles. The van der Waals surface area contributed by atoms with E-state index >= 15 is 0 Å². The molecule has 0 heterocycles. The number of benzene rings is 1. The van der Waals surface area contributed by atoms with E-state index in [1.54, 1.807) is 6.07 Å². The van der Waals surface area contributed by atoms with Gasteiger partial charge in [-0.1, -0.05) is 6.07 Å². The second-order valence-electron chi connectivity index (χ2n) is 2.85. The first-order chi connectivity index (χ1) is 7.06. The Balaban J connectivity index is 3.08. The van der Waals surface area contributed by atoms with Crippen LogP contribution in [0.1, 0.15) is 18.1 Å². The minimum Gasteiger partial charge on any atom is -0.387 e. The molecule has 0 bridgehead atoms. The van der Waals surface area contributed by atoms with Crippen molar-refractivity contribution in [3.05, 3.63) is 39.7 Å². The predicted octanol–water partition coefficient (Wildman–Crippen LogP) is 1.68. The molecule has 1 aromatic rings. The third kappa shape index (κ3) is 2.48. The molecule has 0 radical (unpaired) electrons. The molecule has 0 aromatic heterocycles. The zero-order valence-electron chi connectivity index (χ0n) is 7.55. The third-order valence-electron chi connectivity index (χ3n) is 1.84. The number of nitro groups is 1. The van der Waals surface area contributed by atoms with Gasteiger partial charge in [0.15, 0.2) is 0 Å². The van der Waals surface area contributed by atoms with Gasteiger partial charge in [0.25, 0.3) is 0 Å². The highest BCUT2D eigenvalue weighted by Gasteiger charge is 2.17. The highest BCUT2D eigenvalue weighted by Crippen LogP contribution is 2.23. The fourth-order valence-electron chi connectivity index (χ4n) is 1.08. The van der Waals surface area contributed by atoms with E-state index in [-0.39, 0.29) is 12.0 Å². The summed E-state index contributed by atoms with van der Waals surface area (Å²) in [7, 11) is 0. The van der Waals surface area contributed by atoms with Gasteiger partial charge in [0.2, 0.25) is 5.82 Å². The van der Waals surface area contributed by atoms with E-state index in [0.29, 0.717) is 0 Å². The smallest absolute Gasteiger partial charge is 0.305 e. The molecule has 6 heteroatoms. The minimum atomic E-state index is -1.13. The van der Waals surface area contributed by atoms with E-state index in [4.69, 9.17) is 5.26 Å². The molecule has 1 rings (SSSR count). The van der Waals surface area contributed by atoms with Gasteiger partial charge in [-0.3, -0.25) is 10.1 Å². The summed E-state index contributed by atoms with van der Waals surface area (Å²) < 4.78 is 12.9. The Morgan fingerprint density at radius 3 is 2.87 bits per heavy atom. The molecular formula is C9H7FN2O3. The van der Waals surface area contributed by atoms with Crippen LogP contribution >= 0.6 is 0 Å². The van der Waals surface area contributed by atoms with Gasteiger partial charge in [0.1, 0.15) is 0 Å². The number of rotatable bonds is 3. The van der Waals surface area contributed by atoms with Crippen molar-refractivity contribution >= 4 is 5.69 Å². The lowest BCUT2D eigenvalue weighted by atomic mass is 10.1. The number of nitrogens with zero attached hydrogens (tertiary/aromatic N) is 2. The topological polar surface area (TPSA) is 87.2 Å². The van der Waals surface area contributed by atoms with Gasteiger partial charge in [-0.25, -0.2) is 0 Å². The Hall–Kier alpha value is -2.00. The first kappa shape index (κ1) is 11.1. The van der Waals surface area contributed by atoms with Crippen molar-refractivity contribution in [3.63, 3.8) is 0 Å². The van der Waals surface area contributed by atoms with Crippen LogP contribution < -0.4 is 0 Å². The van der Waals surface area contributed by atoms with Crippen LogP contribution in [0.3, 0.4) is 0 Å². The second kappa shape index (κ2) is 4.48. The molecule has 1 N–H and O–H groups in total. The van der Waals surface area contributed by atoms with E-state index in [2.05, 4.69) is 0 Å². The Labute approximate surface area is 84.5 Å². The van der Waals surface area contributed by atoms with E-state index in [1.807, 2.05) is 0 Å². The Bertz CT molecular complexity index is 428. The zero-order valence-corrected chi connectivity index (χ0v) is 7.55. The molecular weight excluding hydrogens is 203 g/mol. The van der Waals surface area contributed by atoms with Gasteiger partial charge in [0, 0.05) is 6.07 Å². The summed E-state index contributed by atoms with van der Waals surface area (Å²) in [4.78, 5) is 9.50. The average molecular weight is 210 g/mol. The molecule has 5 nitrogen and oxygen atoms in total. The van der Waals surface area contributed by atoms with Crippen LogP contribution in [-0.4, -0.2) is 10.0 Å². The van der Waals surface area contributed by atoms with E-state index in [1.165, 1.54) is 6.07 Å². The average Bonchev–Trinajstić information content (AvgIpc) is 2.18. The van der Waals surface area contributed by atoms with Crippen LogP contribution in [0.2, 0.25) is 0 Å². The molecule has 0 aliphatic rings. The second-order valence-corrected chi connectivity index (χ2v) is 2.85. The third-order valence-corrected chi connectivity index (χ3v) is 1.84. The molecule has 0 aliphatic carbocycles. The van der Waals surface area contributed by atoms with Crippen LogP contribution in [-0.2, 0) is 0 Å². The maximum Gasteiger partial charge on any atom is 0.305 e. The van der Waals surface area contributed by atoms with Gasteiger partial charge in [-0.15, -0.1) is 0 Å². The number of nitriles is 1. The van der Waals surface area contributed by atoms with Gasteiger partial charge >= 0.3 is 5.69 Å². The van der Waals surface area contributed by atoms with E-state index in [9.17, 15) is 19.6 Å². The van der Waals surface area contributed by atoms with Crippen molar-refractivity contribution in [1.82, 2.24) is 0 Å². The number of hydrogen-bond acceptors (Lipinski definition) is 4. The van der Waals surface area contributed by atoms with Crippen LogP contribution in [0.5, 0.6) is 0 Å². The SMILES string of the molecule is N#CCC(O)c1ccc(F)c([N+](=O)[O-])c1. The summed E-state index contributed by atoms with van der Waals surface area (Å²) >= 11 is 0. The highest BCUT2D eigenvalue weighted by atomic mass is 19.1. The van der Waals surface area contributed by atoms with Gasteiger partial charge in [-0.05, 0) is 11.6 Å². The van der Waals surface area contributed by atoms with Crippen LogP contribution in [0.25, 0.3) is 0 Å². The fourth-order valence-corrected chi connectivity index (χ4v) is 1.08. The number of aliphatic hydroxyl groups is 1. The monoisotopic (exact) mass is 210 g/mol. The predicted molar refractivity (Wildman–Crippen MR) is 48.2 cm³/mol. The summed E-state index contributed by atoms with van der Waals surface area (Å²) in [6.07, 6.45) is -1.32. The lowest BCUT2D eigenvalue weighted by Crippen LogP contribution is -1.99. The lowest BCUT2D eigenvalue weighted by molar-refractivity contribution is -0.387. The first-order valence-corrected chi connectivity index (χ1v) is 4.05. The Kier molecular flexibility index (Phi) is 3.31. The standard InChI is InChI=1S/C9H7FN2O3/c10-7-2-1-6(9(13)3-4-11)5-8(7)12(14)15/h1-2,5,9,13H,3H2. The zero-order chi connectivity index (χ0) is 11.4. The van der Waals surface area contributed by atoms with Crippen molar-refractivity contribution in [2.75, 3.05) is 0 Å². The van der Waals surface area contributed by atoms with Crippen molar-refractivity contribution < 1.29 is 14.4 Å². The molecule has 0 aliphatic heterocycles. The van der Waals surface area contributed by atoms with Crippen molar-refractivity contribution in [2.24, 2.45) is 0 Å². The minimum absolute atomic E-state index is 0.157. The van der Waals surface area contributed by atoms with Crippen molar-refractivity contribution in [2.45, 2.75) is 12.5 Å². The maximum atomic E-state index is 12.9. The molecule has 78 valence electrons. The number of halogens is 1. The number of aliphatic hydroxyl groups excluding tert-OH is 1. The Morgan fingerprint density at radius 1 is 1.67 bits per heavy atom. The van der Waals surface area contributed by atoms with Gasteiger partial charge < -0.3 is 5.11 Å². The number of nitro benzene ring substituents is 1. The van der Waals surface area contributed by atoms with Crippen LogP contribution in [0.15, 0.2) is 18.2 Å². The first-order valence-electron chi connectivity index (χ1n) is 4.05. The normalized spacial score (nSPS) is 11.8. The summed E-state index contributed by atoms with van der Waals surface area (Å²) in [5.41, 5.74) is -0.547. The van der Waals surface area contributed by atoms with Crippen LogP contribution in [0, 0.1) is 27.3 Å². The summed E-state index contributed by atoms with van der Waals surface area (Å²) in [5.74, 6) is -0.965. The molecule has 15 heavy (non-hydrogen) atoms. The number of hydrogen-bond donors (Lipinski definition) is 1. The molecule has 0 spiro atoms. The maximum absolute atomic E-state index is 12.9. The van der Waals surface area contributed by atoms with Crippen molar-refractivity contribution in [1.29, 1.82) is 5.26 Å². The largest absolute Gasteiger partial charge is 0.387 e. The van der Waals surface area contributed by atoms with Crippen LogP contribution in [0.4, 0.5) is 10.1 Å². The fraction of sp³-hybridized carbons (Fsp3) is 0.222. The molecule has 1 unspecified atom stereocenters. The molecule has 1 aromatic carbocycles. The molecule has 0 saturated heterocycles. The summed E-state index contributed by atoms with van der Waals surface area (Å²) in [6.45, 7) is 0. The quantitative estimate of drug-likeness (QED) is 0.607. The summed E-state index contributed by atoms with van der Waals surface area (Å²) in [5, 5.41) is 28.0. The molecule has 1 atom stereocenters. The van der Waals surface area contributed by atoms with E-state index < -0.39 is 22.5 Å². The molecule has 0 amide bonds. The molecule has 0 fully saturated rings.